The summed E-state index contributed by atoms with van der Waals surface area (Å²) in [6, 6.07) is 6.44. The summed E-state index contributed by atoms with van der Waals surface area (Å²) < 4.78 is 11.2. The monoisotopic (exact) mass is 544 g/mol. The molecule has 1 unspecified atom stereocenters. The van der Waals surface area contributed by atoms with Gasteiger partial charge in [-0.25, -0.2) is 4.79 Å². The molecule has 4 rings (SSSR count). The van der Waals surface area contributed by atoms with E-state index in [0.29, 0.717) is 30.6 Å². The Hall–Kier alpha value is -0.248. The summed E-state index contributed by atoms with van der Waals surface area (Å²) in [4.78, 5) is 23.3. The topological polar surface area (TPSA) is 75.7 Å². The Kier molecular flexibility index (Phi) is 7.82. The van der Waals surface area contributed by atoms with Gasteiger partial charge in [-0.15, -0.1) is 0 Å². The molecule has 1 aromatic carbocycles. The first-order valence-electron chi connectivity index (χ1n) is 11.0. The van der Waals surface area contributed by atoms with E-state index < -0.39 is 17.5 Å². The minimum atomic E-state index is -1.77. The molecular weight excluding hydrogens is 513 g/mol. The maximum atomic E-state index is 12.1. The number of carboxylic acids is 1. The molecule has 0 aromatic heterocycles. The number of hydrogen-bond donors (Lipinski definition) is 0. The van der Waals surface area contributed by atoms with Gasteiger partial charge in [0.05, 0.1) is 7.11 Å². The molecule has 0 heterocycles. The number of benzene rings is 1. The van der Waals surface area contributed by atoms with Crippen molar-refractivity contribution in [3.8, 4) is 5.75 Å². The molecule has 0 aliphatic heterocycles. The van der Waals surface area contributed by atoms with Crippen LogP contribution in [0.5, 0.6) is 5.75 Å². The number of methoxy groups -OCH3 is 1. The molecule has 2 saturated carbocycles. The van der Waals surface area contributed by atoms with E-state index in [1.807, 2.05) is 6.92 Å². The van der Waals surface area contributed by atoms with Crippen molar-refractivity contribution in [2.45, 2.75) is 70.3 Å². The molecule has 0 amide bonds. The Morgan fingerprint density at radius 2 is 1.97 bits per heavy atom. The number of esters is 1. The van der Waals surface area contributed by atoms with Gasteiger partial charge in [-0.3, -0.25) is 0 Å². The van der Waals surface area contributed by atoms with Gasteiger partial charge >= 0.3 is 74.9 Å². The zero-order valence-electron chi connectivity index (χ0n) is 19.2. The standard InChI is InChI=1S/C25H32O5.Cs/c1-15(2)14-25(30-23(28)22(26)27)12-10-21-20-7-5-16-13-17(29-4)6-8-18(16)19(20)9-11-24(21,25)3;/h6,8,13,19-21H,1,5,7,9-12,14H2,2-4H3,(H,26,27);/q;+1/p-1/t19-,20-,21+,24+,25?;/m1./s1. The summed E-state index contributed by atoms with van der Waals surface area (Å²) in [5.41, 5.74) is 2.65. The van der Waals surface area contributed by atoms with Gasteiger partial charge in [0.1, 0.15) is 11.4 Å². The number of aliphatic carboxylic acids is 1. The predicted octanol–water partition coefficient (Wildman–Crippen LogP) is 0.553. The second-order valence-corrected chi connectivity index (χ2v) is 9.78. The Morgan fingerprint density at radius 1 is 1.23 bits per heavy atom. The Bertz CT molecular complexity index is 896. The summed E-state index contributed by atoms with van der Waals surface area (Å²) in [6.07, 6.45) is 6.16. The number of carbonyl (C=O) groups excluding carboxylic acids is 2. The molecule has 6 heteroatoms. The molecule has 3 aliphatic carbocycles. The first-order chi connectivity index (χ1) is 14.2. The van der Waals surface area contributed by atoms with E-state index in [9.17, 15) is 14.7 Å². The number of fused-ring (bicyclic) bond motifs is 5. The largest absolute Gasteiger partial charge is 1.00 e. The third-order valence-corrected chi connectivity index (χ3v) is 8.27. The van der Waals surface area contributed by atoms with Crippen LogP contribution in [0, 0.1) is 17.3 Å². The van der Waals surface area contributed by atoms with Crippen molar-refractivity contribution in [2.24, 2.45) is 17.3 Å². The number of carbonyl (C=O) groups is 2. The van der Waals surface area contributed by atoms with Gasteiger partial charge in [0.25, 0.3) is 0 Å². The fourth-order valence-electron chi connectivity index (χ4n) is 6.98. The van der Waals surface area contributed by atoms with Crippen molar-refractivity contribution < 1.29 is 93.1 Å². The molecule has 0 saturated heterocycles. The average molecular weight is 544 g/mol. The molecule has 3 aliphatic rings. The van der Waals surface area contributed by atoms with Crippen LogP contribution in [0.25, 0.3) is 0 Å². The van der Waals surface area contributed by atoms with E-state index in [1.165, 1.54) is 11.1 Å². The van der Waals surface area contributed by atoms with Crippen LogP contribution >= 0.6 is 0 Å². The Morgan fingerprint density at radius 3 is 2.61 bits per heavy atom. The van der Waals surface area contributed by atoms with Crippen LogP contribution in [-0.2, 0) is 20.7 Å². The maximum absolute atomic E-state index is 12.1. The van der Waals surface area contributed by atoms with Crippen molar-refractivity contribution >= 4 is 11.9 Å². The molecule has 31 heavy (non-hydrogen) atoms. The van der Waals surface area contributed by atoms with Gasteiger partial charge < -0.3 is 19.4 Å². The molecular formula is C25H31CsO5. The molecule has 0 radical (unpaired) electrons. The van der Waals surface area contributed by atoms with Gasteiger partial charge in [0.2, 0.25) is 0 Å². The third-order valence-electron chi connectivity index (χ3n) is 8.27. The summed E-state index contributed by atoms with van der Waals surface area (Å²) in [5, 5.41) is 11.2. The normalized spacial score (nSPS) is 33.2. The van der Waals surface area contributed by atoms with Crippen LogP contribution in [0.3, 0.4) is 0 Å². The van der Waals surface area contributed by atoms with Crippen molar-refractivity contribution in [1.29, 1.82) is 0 Å². The smallest absolute Gasteiger partial charge is 0.539 e. The molecule has 2 fully saturated rings. The van der Waals surface area contributed by atoms with Crippen LogP contribution in [0.15, 0.2) is 30.4 Å². The summed E-state index contributed by atoms with van der Waals surface area (Å²) in [6.45, 7) is 8.17. The zero-order valence-corrected chi connectivity index (χ0v) is 25.4. The molecule has 1 aromatic rings. The van der Waals surface area contributed by atoms with E-state index in [0.717, 1.165) is 43.4 Å². The number of carboxylic acid groups (broad SMARTS) is 1. The quantitative estimate of drug-likeness (QED) is 0.315. The number of aryl methyl sites for hydroxylation is 1. The predicted molar refractivity (Wildman–Crippen MR) is 111 cm³/mol. The van der Waals surface area contributed by atoms with Crippen LogP contribution in [0.2, 0.25) is 0 Å². The minimum Gasteiger partial charge on any atom is -0.539 e. The number of rotatable bonds is 4. The SMILES string of the molecule is C=C(C)CC1(OC(=O)C(=O)[O-])CC[C@H]2[C@@H]3CCc4cc(OC)ccc4[C@H]3CC[C@@]21C.[Cs+]. The Balaban J connectivity index is 0.00000272. The van der Waals surface area contributed by atoms with Crippen LogP contribution < -0.4 is 78.7 Å². The van der Waals surface area contributed by atoms with Gasteiger partial charge in [0.15, 0.2) is 5.97 Å². The minimum absolute atomic E-state index is 0. The summed E-state index contributed by atoms with van der Waals surface area (Å²) in [7, 11) is 1.70. The molecule has 0 spiro atoms. The first kappa shape index (κ1) is 25.4. The summed E-state index contributed by atoms with van der Waals surface area (Å²) in [5.74, 6) is -0.712. The van der Waals surface area contributed by atoms with E-state index in [4.69, 9.17) is 9.47 Å². The van der Waals surface area contributed by atoms with Crippen molar-refractivity contribution in [3.05, 3.63) is 41.5 Å². The van der Waals surface area contributed by atoms with Crippen LogP contribution in [0.4, 0.5) is 0 Å². The van der Waals surface area contributed by atoms with Crippen LogP contribution in [-0.4, -0.2) is 24.6 Å². The van der Waals surface area contributed by atoms with Gasteiger partial charge in [-0.2, -0.15) is 0 Å². The van der Waals surface area contributed by atoms with Gasteiger partial charge in [0, 0.05) is 11.8 Å². The average Bonchev–Trinajstić information content (AvgIpc) is 2.98. The fourth-order valence-corrected chi connectivity index (χ4v) is 6.98. The van der Waals surface area contributed by atoms with Gasteiger partial charge in [-0.1, -0.05) is 25.1 Å². The molecule has 0 N–H and O–H groups in total. The van der Waals surface area contributed by atoms with Gasteiger partial charge in [-0.05, 0) is 86.5 Å². The van der Waals surface area contributed by atoms with E-state index in [1.54, 1.807) is 7.11 Å². The van der Waals surface area contributed by atoms with E-state index in [2.05, 4.69) is 31.7 Å². The third kappa shape index (κ3) is 4.33. The zero-order chi connectivity index (χ0) is 21.7. The fraction of sp³-hybridized carbons (Fsp3) is 0.600. The second-order valence-electron chi connectivity index (χ2n) is 9.78. The number of hydrogen-bond acceptors (Lipinski definition) is 5. The van der Waals surface area contributed by atoms with Crippen molar-refractivity contribution in [3.63, 3.8) is 0 Å². The van der Waals surface area contributed by atoms with E-state index in [-0.39, 0.29) is 74.3 Å². The maximum Gasteiger partial charge on any atom is 1.00 e. The van der Waals surface area contributed by atoms with Crippen LogP contribution in [0.1, 0.15) is 69.4 Å². The second kappa shape index (κ2) is 9.55. The number of ether oxygens (including phenoxy) is 2. The molecule has 162 valence electrons. The first-order valence-corrected chi connectivity index (χ1v) is 11.0. The Labute approximate surface area is 243 Å². The van der Waals surface area contributed by atoms with Crippen molar-refractivity contribution in [1.82, 2.24) is 0 Å². The summed E-state index contributed by atoms with van der Waals surface area (Å²) >= 11 is 0. The molecule has 5 nitrogen and oxygen atoms in total. The molecule has 0 bridgehead atoms. The van der Waals surface area contributed by atoms with E-state index >= 15 is 0 Å². The molecule has 5 atom stereocenters. The van der Waals surface area contributed by atoms with Crippen molar-refractivity contribution in [2.75, 3.05) is 7.11 Å².